The lowest BCUT2D eigenvalue weighted by Gasteiger charge is -2.26. The number of morpholine rings is 1. The number of carbonyl (C=O) groups is 1. The molecule has 1 aliphatic rings. The highest BCUT2D eigenvalue weighted by Crippen LogP contribution is 2.30. The van der Waals surface area contributed by atoms with Gasteiger partial charge in [-0.1, -0.05) is 24.3 Å². The Hall–Kier alpha value is -4.09. The molecule has 0 unspecified atom stereocenters. The first-order valence-electron chi connectivity index (χ1n) is 11.6. The molecule has 8 nitrogen and oxygen atoms in total. The fourth-order valence-electron chi connectivity index (χ4n) is 4.17. The van der Waals surface area contributed by atoms with Crippen molar-refractivity contribution in [2.24, 2.45) is 0 Å². The number of pyridine rings is 1. The van der Waals surface area contributed by atoms with Crippen LogP contribution in [0.3, 0.4) is 0 Å². The molecule has 1 fully saturated rings. The molecule has 190 valence electrons. The molecule has 0 saturated carbocycles. The van der Waals surface area contributed by atoms with E-state index in [2.05, 4.69) is 20.3 Å². The van der Waals surface area contributed by atoms with Crippen LogP contribution in [-0.4, -0.2) is 51.9 Å². The Balaban J connectivity index is 1.45. The van der Waals surface area contributed by atoms with Gasteiger partial charge in [0.1, 0.15) is 5.69 Å². The second-order valence-corrected chi connectivity index (χ2v) is 8.54. The summed E-state index contributed by atoms with van der Waals surface area (Å²) in [6.07, 6.45) is -3.20. The highest BCUT2D eigenvalue weighted by molar-refractivity contribution is 6.08. The van der Waals surface area contributed by atoms with Gasteiger partial charge in [0.2, 0.25) is 0 Å². The lowest BCUT2D eigenvalue weighted by atomic mass is 10.1. The largest absolute Gasteiger partial charge is 0.416 e. The number of fused-ring (bicyclic) bond motifs is 1. The van der Waals surface area contributed by atoms with Gasteiger partial charge in [-0.25, -0.2) is 4.98 Å². The van der Waals surface area contributed by atoms with Crippen molar-refractivity contribution in [1.29, 1.82) is 0 Å². The molecule has 0 aliphatic carbocycles. The Morgan fingerprint density at radius 1 is 1.03 bits per heavy atom. The summed E-state index contributed by atoms with van der Waals surface area (Å²) in [5.74, 6) is -0.516. The molecule has 2 aromatic carbocycles. The highest BCUT2D eigenvalue weighted by Gasteiger charge is 2.30. The molecule has 2 aromatic heterocycles. The minimum atomic E-state index is -4.57. The van der Waals surface area contributed by atoms with E-state index in [4.69, 9.17) is 4.74 Å². The van der Waals surface area contributed by atoms with Crippen LogP contribution in [0.1, 0.15) is 21.7 Å². The third-order valence-corrected chi connectivity index (χ3v) is 6.01. The van der Waals surface area contributed by atoms with Crippen molar-refractivity contribution in [2.45, 2.75) is 12.7 Å². The maximum absolute atomic E-state index is 13.3. The second-order valence-electron chi connectivity index (χ2n) is 8.54. The molecule has 4 aromatic rings. The molecule has 1 amide bonds. The minimum absolute atomic E-state index is 0.0414. The van der Waals surface area contributed by atoms with Crippen molar-refractivity contribution < 1.29 is 22.7 Å². The van der Waals surface area contributed by atoms with E-state index in [1.54, 1.807) is 30.3 Å². The lowest BCUT2D eigenvalue weighted by Crippen LogP contribution is -2.36. The van der Waals surface area contributed by atoms with Gasteiger partial charge >= 0.3 is 6.18 Å². The number of anilines is 1. The summed E-state index contributed by atoms with van der Waals surface area (Å²) in [5.41, 5.74) is -0.500. The van der Waals surface area contributed by atoms with Crippen LogP contribution < -0.4 is 10.9 Å². The third kappa shape index (κ3) is 5.37. The summed E-state index contributed by atoms with van der Waals surface area (Å²) in [7, 11) is 0. The molecule has 1 N–H and O–H groups in total. The quantitative estimate of drug-likeness (QED) is 0.439. The molecule has 1 aliphatic heterocycles. The predicted molar refractivity (Wildman–Crippen MR) is 131 cm³/mol. The molecule has 1 saturated heterocycles. The van der Waals surface area contributed by atoms with Crippen LogP contribution in [0.15, 0.2) is 71.7 Å². The Labute approximate surface area is 209 Å². The van der Waals surface area contributed by atoms with Crippen LogP contribution in [-0.2, 0) is 17.5 Å². The number of benzene rings is 2. The topological polar surface area (TPSA) is 89.4 Å². The maximum atomic E-state index is 13.3. The van der Waals surface area contributed by atoms with E-state index in [-0.39, 0.29) is 22.5 Å². The van der Waals surface area contributed by atoms with E-state index in [1.165, 1.54) is 18.3 Å². The van der Waals surface area contributed by atoms with Gasteiger partial charge in [0.25, 0.3) is 11.5 Å². The number of halogens is 3. The van der Waals surface area contributed by atoms with Gasteiger partial charge < -0.3 is 10.1 Å². The van der Waals surface area contributed by atoms with E-state index in [0.29, 0.717) is 25.1 Å². The number of rotatable bonds is 5. The van der Waals surface area contributed by atoms with Crippen LogP contribution in [0.5, 0.6) is 0 Å². The van der Waals surface area contributed by atoms with Gasteiger partial charge in [0.15, 0.2) is 0 Å². The Morgan fingerprint density at radius 3 is 2.57 bits per heavy atom. The first-order valence-corrected chi connectivity index (χ1v) is 11.6. The Kier molecular flexibility index (Phi) is 6.72. The fourth-order valence-corrected chi connectivity index (χ4v) is 4.17. The van der Waals surface area contributed by atoms with Crippen molar-refractivity contribution in [1.82, 2.24) is 19.7 Å². The normalized spacial score (nSPS) is 14.6. The zero-order chi connectivity index (χ0) is 26.0. The van der Waals surface area contributed by atoms with Gasteiger partial charge in [-0.05, 0) is 36.4 Å². The summed E-state index contributed by atoms with van der Waals surface area (Å²) in [6, 6.07) is 14.3. The van der Waals surface area contributed by atoms with E-state index in [1.807, 2.05) is 6.07 Å². The zero-order valence-electron chi connectivity index (χ0n) is 19.5. The molecule has 0 atom stereocenters. The number of hydrogen-bond donors (Lipinski definition) is 1. The van der Waals surface area contributed by atoms with Crippen LogP contribution in [0, 0.1) is 0 Å². The van der Waals surface area contributed by atoms with E-state index < -0.39 is 23.2 Å². The van der Waals surface area contributed by atoms with Crippen molar-refractivity contribution in [2.75, 3.05) is 31.6 Å². The molecular weight excluding hydrogens is 487 g/mol. The second kappa shape index (κ2) is 10.1. The Morgan fingerprint density at radius 2 is 1.78 bits per heavy atom. The zero-order valence-corrected chi connectivity index (χ0v) is 19.5. The first kappa shape index (κ1) is 24.6. The van der Waals surface area contributed by atoms with Crippen molar-refractivity contribution in [3.8, 4) is 5.69 Å². The first-order chi connectivity index (χ1) is 17.8. The summed E-state index contributed by atoms with van der Waals surface area (Å²) in [6.45, 7) is 3.43. The van der Waals surface area contributed by atoms with Gasteiger partial charge in [0, 0.05) is 25.0 Å². The van der Waals surface area contributed by atoms with Crippen LogP contribution in [0.2, 0.25) is 0 Å². The number of hydrogen-bond acceptors (Lipinski definition) is 6. The number of amides is 1. The molecule has 0 spiro atoms. The summed E-state index contributed by atoms with van der Waals surface area (Å²) in [5, 5.41) is 7.32. The average Bonchev–Trinajstić information content (AvgIpc) is 2.89. The van der Waals surface area contributed by atoms with Gasteiger partial charge in [0.05, 0.1) is 47.4 Å². The maximum Gasteiger partial charge on any atom is 0.416 e. The van der Waals surface area contributed by atoms with E-state index >= 15 is 0 Å². The SMILES string of the molecule is O=C(Nc1cccc2cnn(-c3cccc(C(F)(F)F)c3)c(=O)c12)c1cccc(CN2CCOCC2)n1. The summed E-state index contributed by atoms with van der Waals surface area (Å²) in [4.78, 5) is 33.1. The molecule has 0 radical (unpaired) electrons. The third-order valence-electron chi connectivity index (χ3n) is 6.01. The van der Waals surface area contributed by atoms with Crippen molar-refractivity contribution in [3.05, 3.63) is 94.2 Å². The van der Waals surface area contributed by atoms with Crippen LogP contribution in [0.4, 0.5) is 18.9 Å². The number of alkyl halides is 3. The van der Waals surface area contributed by atoms with Gasteiger partial charge in [-0.15, -0.1) is 0 Å². The van der Waals surface area contributed by atoms with Crippen molar-refractivity contribution in [3.63, 3.8) is 0 Å². The number of ether oxygens (including phenoxy) is 1. The van der Waals surface area contributed by atoms with E-state index in [0.717, 1.165) is 35.6 Å². The monoisotopic (exact) mass is 509 g/mol. The average molecular weight is 509 g/mol. The summed E-state index contributed by atoms with van der Waals surface area (Å²) < 4.78 is 45.8. The number of aromatic nitrogens is 3. The molecule has 11 heteroatoms. The molecule has 0 bridgehead atoms. The van der Waals surface area contributed by atoms with Crippen molar-refractivity contribution >= 4 is 22.4 Å². The molecule has 3 heterocycles. The highest BCUT2D eigenvalue weighted by atomic mass is 19.4. The number of nitrogens with zero attached hydrogens (tertiary/aromatic N) is 4. The number of carbonyl (C=O) groups excluding carboxylic acids is 1. The van der Waals surface area contributed by atoms with Crippen LogP contribution in [0.25, 0.3) is 16.5 Å². The smallest absolute Gasteiger partial charge is 0.379 e. The summed E-state index contributed by atoms with van der Waals surface area (Å²) >= 11 is 0. The predicted octanol–water partition coefficient (Wildman–Crippen LogP) is 3.88. The molecule has 5 rings (SSSR count). The number of nitrogens with one attached hydrogen (secondary N) is 1. The minimum Gasteiger partial charge on any atom is -0.379 e. The van der Waals surface area contributed by atoms with E-state index in [9.17, 15) is 22.8 Å². The fraction of sp³-hybridized carbons (Fsp3) is 0.231. The standard InChI is InChI=1S/C26H22F3N5O3/c27-26(28,29)18-5-2-7-20(14-18)34-25(36)23-17(15-30-34)4-1-8-21(23)32-24(35)22-9-3-6-19(31-22)16-33-10-12-37-13-11-33/h1-9,14-15H,10-13,16H2,(H,32,35). The molecular formula is C26H22F3N5O3. The van der Waals surface area contributed by atoms with Crippen LogP contribution >= 0.6 is 0 Å². The lowest BCUT2D eigenvalue weighted by molar-refractivity contribution is -0.137. The molecule has 37 heavy (non-hydrogen) atoms. The van der Waals surface area contributed by atoms with Gasteiger partial charge in [-0.3, -0.25) is 14.5 Å². The van der Waals surface area contributed by atoms with Gasteiger partial charge in [-0.2, -0.15) is 23.0 Å². The Bertz CT molecular complexity index is 1510.